The molecule has 0 saturated carbocycles. The fourth-order valence-electron chi connectivity index (χ4n) is 7.27. The third-order valence-corrected chi connectivity index (χ3v) is 10.6. The van der Waals surface area contributed by atoms with E-state index in [-0.39, 0.29) is 0 Å². The molecule has 0 unspecified atom stereocenters. The van der Waals surface area contributed by atoms with Crippen LogP contribution in [0.5, 0.6) is 0 Å². The highest BCUT2D eigenvalue weighted by Crippen LogP contribution is 2.42. The van der Waals surface area contributed by atoms with Gasteiger partial charge in [0.05, 0.1) is 32.6 Å². The molecule has 0 aliphatic rings. The lowest BCUT2D eigenvalue weighted by atomic mass is 9.99. The SMILES string of the molecule is c1ccc(-c2ccc(-c3c(-c4ccc5c(c4)c4ccccc4n5-c4ccccc4)nc4sc5ccc(-c6ccccc6)cc5n34)cc2)cc1. The molecule has 10 rings (SSSR count). The lowest BCUT2D eigenvalue weighted by Crippen LogP contribution is -1.93. The number of fused-ring (bicyclic) bond motifs is 6. The number of aromatic nitrogens is 3. The van der Waals surface area contributed by atoms with Crippen LogP contribution in [0.2, 0.25) is 0 Å². The fourth-order valence-corrected chi connectivity index (χ4v) is 8.28. The van der Waals surface area contributed by atoms with Gasteiger partial charge in [0.2, 0.25) is 0 Å². The molecular weight excluding hydrogens is 615 g/mol. The van der Waals surface area contributed by atoms with Gasteiger partial charge in [0, 0.05) is 27.6 Å². The van der Waals surface area contributed by atoms with Crippen molar-refractivity contribution in [3.63, 3.8) is 0 Å². The Balaban J connectivity index is 1.22. The molecule has 3 heterocycles. The van der Waals surface area contributed by atoms with Crippen LogP contribution in [0, 0.1) is 0 Å². The van der Waals surface area contributed by atoms with Crippen LogP contribution in [0.1, 0.15) is 0 Å². The van der Waals surface area contributed by atoms with Crippen molar-refractivity contribution in [2.75, 3.05) is 0 Å². The number of rotatable bonds is 5. The molecule has 10 aromatic rings. The van der Waals surface area contributed by atoms with Crippen LogP contribution in [-0.2, 0) is 0 Å². The summed E-state index contributed by atoms with van der Waals surface area (Å²) in [5, 5.41) is 2.45. The minimum atomic E-state index is 0.990. The van der Waals surface area contributed by atoms with Gasteiger partial charge >= 0.3 is 0 Å². The molecule has 0 aliphatic carbocycles. The Morgan fingerprint density at radius 1 is 0.408 bits per heavy atom. The van der Waals surface area contributed by atoms with Crippen LogP contribution >= 0.6 is 11.3 Å². The van der Waals surface area contributed by atoms with Crippen LogP contribution in [-0.4, -0.2) is 14.0 Å². The second-order valence-corrected chi connectivity index (χ2v) is 13.5. The Labute approximate surface area is 287 Å². The lowest BCUT2D eigenvalue weighted by Gasteiger charge is -2.10. The first-order chi connectivity index (χ1) is 24.3. The third-order valence-electron chi connectivity index (χ3n) is 9.58. The average molecular weight is 644 g/mol. The van der Waals surface area contributed by atoms with Gasteiger partial charge in [-0.15, -0.1) is 0 Å². The van der Waals surface area contributed by atoms with Gasteiger partial charge in [0.1, 0.15) is 0 Å². The summed E-state index contributed by atoms with van der Waals surface area (Å²) in [5.41, 5.74) is 13.9. The van der Waals surface area contributed by atoms with E-state index in [1.807, 2.05) is 0 Å². The topological polar surface area (TPSA) is 22.2 Å². The van der Waals surface area contributed by atoms with Gasteiger partial charge in [0.25, 0.3) is 0 Å². The van der Waals surface area contributed by atoms with E-state index in [9.17, 15) is 0 Å². The van der Waals surface area contributed by atoms with E-state index in [4.69, 9.17) is 4.98 Å². The van der Waals surface area contributed by atoms with Gasteiger partial charge < -0.3 is 4.57 Å². The Hall–Kier alpha value is -6.23. The van der Waals surface area contributed by atoms with E-state index in [0.717, 1.165) is 33.2 Å². The molecule has 0 aliphatic heterocycles. The highest BCUT2D eigenvalue weighted by atomic mass is 32.1. The van der Waals surface area contributed by atoms with Gasteiger partial charge in [-0.2, -0.15) is 0 Å². The first-order valence-electron chi connectivity index (χ1n) is 16.6. The molecule has 230 valence electrons. The van der Waals surface area contributed by atoms with Gasteiger partial charge in [-0.25, -0.2) is 4.98 Å². The van der Waals surface area contributed by atoms with Gasteiger partial charge in [-0.1, -0.05) is 145 Å². The number of para-hydroxylation sites is 2. The number of thiazole rings is 1. The number of nitrogens with zero attached hydrogens (tertiary/aromatic N) is 3. The summed E-state index contributed by atoms with van der Waals surface area (Å²) in [4.78, 5) is 6.40. The summed E-state index contributed by atoms with van der Waals surface area (Å²) in [6, 6.07) is 63.1. The van der Waals surface area contributed by atoms with E-state index in [2.05, 4.69) is 185 Å². The molecule has 49 heavy (non-hydrogen) atoms. The Morgan fingerprint density at radius 2 is 0.980 bits per heavy atom. The standard InChI is InChI=1S/C45H29N3S/c1-4-12-30(13-5-1)32-20-22-33(23-21-32)44-43(46-45-48(44)41-29-34(25-27-42(41)49-45)31-14-6-2-7-15-31)35-24-26-40-38(28-35)37-18-10-11-19-39(37)47(40)36-16-8-3-9-17-36/h1-29H. The lowest BCUT2D eigenvalue weighted by molar-refractivity contribution is 1.18. The number of hydrogen-bond donors (Lipinski definition) is 0. The van der Waals surface area contributed by atoms with Crippen molar-refractivity contribution in [1.29, 1.82) is 0 Å². The molecule has 0 atom stereocenters. The summed E-state index contributed by atoms with van der Waals surface area (Å²) in [6.07, 6.45) is 0. The van der Waals surface area contributed by atoms with Crippen molar-refractivity contribution in [2.45, 2.75) is 0 Å². The van der Waals surface area contributed by atoms with Gasteiger partial charge in [0.15, 0.2) is 4.96 Å². The van der Waals surface area contributed by atoms with Crippen LogP contribution in [0.4, 0.5) is 0 Å². The molecule has 0 bridgehead atoms. The molecule has 3 nitrogen and oxygen atoms in total. The molecule has 4 heteroatoms. The highest BCUT2D eigenvalue weighted by molar-refractivity contribution is 7.23. The number of benzene rings is 7. The molecule has 0 saturated heterocycles. The molecule has 0 spiro atoms. The fraction of sp³-hybridized carbons (Fsp3) is 0. The summed E-state index contributed by atoms with van der Waals surface area (Å²) in [7, 11) is 0. The first kappa shape index (κ1) is 27.8. The van der Waals surface area contributed by atoms with Gasteiger partial charge in [-0.05, 0) is 64.7 Å². The smallest absolute Gasteiger partial charge is 0.195 e. The molecule has 7 aromatic carbocycles. The Bertz CT molecular complexity index is 2790. The van der Waals surface area contributed by atoms with Gasteiger partial charge in [-0.3, -0.25) is 4.40 Å². The van der Waals surface area contributed by atoms with Crippen molar-refractivity contribution in [3.8, 4) is 50.5 Å². The first-order valence-corrected chi connectivity index (χ1v) is 17.4. The average Bonchev–Trinajstić information content (AvgIpc) is 3.83. The van der Waals surface area contributed by atoms with E-state index in [0.29, 0.717) is 0 Å². The number of hydrogen-bond acceptors (Lipinski definition) is 2. The Morgan fingerprint density at radius 3 is 1.73 bits per heavy atom. The second-order valence-electron chi connectivity index (χ2n) is 12.4. The summed E-state index contributed by atoms with van der Waals surface area (Å²) >= 11 is 1.75. The summed E-state index contributed by atoms with van der Waals surface area (Å²) in [6.45, 7) is 0. The second kappa shape index (κ2) is 11.2. The monoisotopic (exact) mass is 643 g/mol. The van der Waals surface area contributed by atoms with Crippen molar-refractivity contribution in [2.24, 2.45) is 0 Å². The Kier molecular flexibility index (Phi) is 6.36. The van der Waals surface area contributed by atoms with E-state index in [1.165, 1.54) is 54.3 Å². The predicted molar refractivity (Wildman–Crippen MR) is 207 cm³/mol. The molecule has 0 N–H and O–H groups in total. The van der Waals surface area contributed by atoms with E-state index >= 15 is 0 Å². The van der Waals surface area contributed by atoms with E-state index in [1.54, 1.807) is 11.3 Å². The minimum Gasteiger partial charge on any atom is -0.309 e. The molecular formula is C45H29N3S. The number of imidazole rings is 1. The quantitative estimate of drug-likeness (QED) is 0.183. The zero-order valence-electron chi connectivity index (χ0n) is 26.5. The van der Waals surface area contributed by atoms with E-state index < -0.39 is 0 Å². The van der Waals surface area contributed by atoms with Crippen LogP contribution in [0.25, 0.3) is 87.4 Å². The largest absolute Gasteiger partial charge is 0.309 e. The third kappa shape index (κ3) is 4.53. The predicted octanol–water partition coefficient (Wildman–Crippen LogP) is 12.3. The molecule has 3 aromatic heterocycles. The van der Waals surface area contributed by atoms with Crippen LogP contribution < -0.4 is 0 Å². The van der Waals surface area contributed by atoms with Crippen LogP contribution in [0.15, 0.2) is 176 Å². The zero-order valence-corrected chi connectivity index (χ0v) is 27.3. The summed E-state index contributed by atoms with van der Waals surface area (Å²) < 4.78 is 5.95. The minimum absolute atomic E-state index is 0.990. The normalized spacial score (nSPS) is 11.7. The molecule has 0 fully saturated rings. The molecule has 0 radical (unpaired) electrons. The summed E-state index contributed by atoms with van der Waals surface area (Å²) in [5.74, 6) is 0. The maximum Gasteiger partial charge on any atom is 0.195 e. The van der Waals surface area contributed by atoms with Crippen molar-refractivity contribution >= 4 is 48.3 Å². The van der Waals surface area contributed by atoms with Crippen LogP contribution in [0.3, 0.4) is 0 Å². The van der Waals surface area contributed by atoms with Crippen molar-refractivity contribution < 1.29 is 0 Å². The maximum atomic E-state index is 5.41. The van der Waals surface area contributed by atoms with Crippen molar-refractivity contribution in [3.05, 3.63) is 176 Å². The highest BCUT2D eigenvalue weighted by Gasteiger charge is 2.22. The molecule has 0 amide bonds. The zero-order chi connectivity index (χ0) is 32.3. The maximum absolute atomic E-state index is 5.41. The van der Waals surface area contributed by atoms with Crippen molar-refractivity contribution in [1.82, 2.24) is 14.0 Å².